The molecule has 2 atom stereocenters. The summed E-state index contributed by atoms with van der Waals surface area (Å²) in [5.41, 5.74) is 2.11. The van der Waals surface area contributed by atoms with Gasteiger partial charge in [-0.05, 0) is 31.6 Å². The van der Waals surface area contributed by atoms with Crippen LogP contribution in [0.4, 0.5) is 0 Å². The van der Waals surface area contributed by atoms with Gasteiger partial charge in [-0.2, -0.15) is 0 Å². The van der Waals surface area contributed by atoms with Crippen molar-refractivity contribution in [3.8, 4) is 5.75 Å². The first-order valence-electron chi connectivity index (χ1n) is 10.5. The van der Waals surface area contributed by atoms with E-state index in [1.165, 1.54) is 0 Å². The number of nitrogens with one attached hydrogen (secondary N) is 1. The van der Waals surface area contributed by atoms with Gasteiger partial charge in [-0.1, -0.05) is 12.2 Å². The standard InChI is InChI=1S/C22H29N5O3/c1-16-3-6-21(29)19(24-16)14-27-20-13-17(15-28)4-5-18(20)25-22(27)23-7-2-8-26-9-11-30-12-10-26/h3-6,13,15,18,20,29H,2,7-12,14H2,1H3,(H,23,25). The van der Waals surface area contributed by atoms with Crippen LogP contribution in [-0.4, -0.2) is 83.6 Å². The Morgan fingerprint density at radius 2 is 2.20 bits per heavy atom. The number of guanidine groups is 1. The number of nitrogens with zero attached hydrogens (tertiary/aromatic N) is 4. The van der Waals surface area contributed by atoms with Crippen molar-refractivity contribution in [1.29, 1.82) is 0 Å². The predicted octanol–water partition coefficient (Wildman–Crippen LogP) is 1.01. The van der Waals surface area contributed by atoms with Gasteiger partial charge in [0.2, 0.25) is 0 Å². The smallest absolute Gasteiger partial charge is 0.195 e. The Balaban J connectivity index is 1.48. The van der Waals surface area contributed by atoms with Gasteiger partial charge in [0, 0.05) is 37.4 Å². The quantitative estimate of drug-likeness (QED) is 0.511. The van der Waals surface area contributed by atoms with Gasteiger partial charge < -0.3 is 20.1 Å². The van der Waals surface area contributed by atoms with Crippen molar-refractivity contribution in [1.82, 2.24) is 20.1 Å². The number of aliphatic imine (C=N–C) groups is 1. The minimum absolute atomic E-state index is 0.0404. The molecule has 1 aromatic rings. The molecule has 0 saturated carbocycles. The number of hydrogen-bond acceptors (Lipinski definition) is 6. The minimum Gasteiger partial charge on any atom is -0.506 e. The van der Waals surface area contributed by atoms with Crippen LogP contribution in [0, 0.1) is 6.92 Å². The van der Waals surface area contributed by atoms with E-state index in [9.17, 15) is 9.90 Å². The lowest BCUT2D eigenvalue weighted by molar-refractivity contribution is -0.104. The number of fused-ring (bicyclic) bond motifs is 1. The van der Waals surface area contributed by atoms with E-state index < -0.39 is 0 Å². The van der Waals surface area contributed by atoms with Crippen LogP contribution in [0.1, 0.15) is 17.8 Å². The van der Waals surface area contributed by atoms with E-state index in [4.69, 9.17) is 9.73 Å². The third-order valence-corrected chi connectivity index (χ3v) is 5.70. The van der Waals surface area contributed by atoms with Crippen LogP contribution in [0.15, 0.2) is 40.9 Å². The highest BCUT2D eigenvalue weighted by Crippen LogP contribution is 2.26. The Hall–Kier alpha value is -2.71. The molecule has 1 aromatic heterocycles. The number of pyridine rings is 1. The van der Waals surface area contributed by atoms with E-state index in [2.05, 4.69) is 20.1 Å². The molecule has 0 radical (unpaired) electrons. The van der Waals surface area contributed by atoms with Gasteiger partial charge in [0.05, 0.1) is 31.8 Å². The van der Waals surface area contributed by atoms with Crippen LogP contribution in [-0.2, 0) is 16.1 Å². The lowest BCUT2D eigenvalue weighted by atomic mass is 9.99. The second kappa shape index (κ2) is 9.40. The summed E-state index contributed by atoms with van der Waals surface area (Å²) in [7, 11) is 0. The molecular weight excluding hydrogens is 382 g/mol. The molecule has 1 aliphatic carbocycles. The Kier molecular flexibility index (Phi) is 6.44. The molecule has 2 unspecified atom stereocenters. The first-order valence-corrected chi connectivity index (χ1v) is 10.5. The lowest BCUT2D eigenvalue weighted by Gasteiger charge is -2.27. The summed E-state index contributed by atoms with van der Waals surface area (Å²) in [5.74, 6) is 0.949. The van der Waals surface area contributed by atoms with Crippen molar-refractivity contribution < 1.29 is 14.6 Å². The van der Waals surface area contributed by atoms with Crippen molar-refractivity contribution in [2.75, 3.05) is 39.4 Å². The molecule has 3 heterocycles. The molecule has 2 N–H and O–H groups in total. The Morgan fingerprint density at radius 1 is 1.37 bits per heavy atom. The summed E-state index contributed by atoms with van der Waals surface area (Å²) in [6, 6.07) is 3.46. The first-order chi connectivity index (χ1) is 14.6. The molecule has 0 amide bonds. The summed E-state index contributed by atoms with van der Waals surface area (Å²) >= 11 is 0. The van der Waals surface area contributed by atoms with Gasteiger partial charge in [0.25, 0.3) is 0 Å². The number of aromatic nitrogens is 1. The van der Waals surface area contributed by atoms with Crippen LogP contribution >= 0.6 is 0 Å². The summed E-state index contributed by atoms with van der Waals surface area (Å²) < 4.78 is 5.40. The first kappa shape index (κ1) is 20.6. The number of carbonyl (C=O) groups excluding carboxylic acids is 1. The SMILES string of the molecule is Cc1ccc(O)c(CN2C(=NCCCN3CCOCC3)NC3C=CC(C=O)=CC32)n1. The Labute approximate surface area is 176 Å². The monoisotopic (exact) mass is 411 g/mol. The fourth-order valence-corrected chi connectivity index (χ4v) is 4.06. The van der Waals surface area contributed by atoms with Crippen LogP contribution in [0.2, 0.25) is 0 Å². The van der Waals surface area contributed by atoms with E-state index in [1.54, 1.807) is 12.1 Å². The normalized spacial score (nSPS) is 25.2. The highest BCUT2D eigenvalue weighted by molar-refractivity contribution is 5.86. The third kappa shape index (κ3) is 4.71. The van der Waals surface area contributed by atoms with Gasteiger partial charge in [-0.3, -0.25) is 19.7 Å². The number of ether oxygens (including phenoxy) is 1. The van der Waals surface area contributed by atoms with Crippen molar-refractivity contribution in [2.24, 2.45) is 4.99 Å². The molecule has 160 valence electrons. The second-order valence-electron chi connectivity index (χ2n) is 7.86. The number of aldehydes is 1. The maximum absolute atomic E-state index is 11.3. The van der Waals surface area contributed by atoms with E-state index in [-0.39, 0.29) is 17.8 Å². The molecule has 8 nitrogen and oxygen atoms in total. The molecular formula is C22H29N5O3. The Morgan fingerprint density at radius 3 is 3.00 bits per heavy atom. The highest BCUT2D eigenvalue weighted by Gasteiger charge is 2.37. The van der Waals surface area contributed by atoms with Crippen LogP contribution < -0.4 is 5.32 Å². The van der Waals surface area contributed by atoms with Crippen LogP contribution in [0.3, 0.4) is 0 Å². The zero-order chi connectivity index (χ0) is 20.9. The average molecular weight is 412 g/mol. The number of aromatic hydroxyl groups is 1. The molecule has 2 saturated heterocycles. The molecule has 3 aliphatic rings. The average Bonchev–Trinajstić information content (AvgIpc) is 3.11. The predicted molar refractivity (Wildman–Crippen MR) is 114 cm³/mol. The summed E-state index contributed by atoms with van der Waals surface area (Å²) in [6.07, 6.45) is 7.62. The third-order valence-electron chi connectivity index (χ3n) is 5.70. The van der Waals surface area contributed by atoms with Crippen LogP contribution in [0.25, 0.3) is 0 Å². The fraction of sp³-hybridized carbons (Fsp3) is 0.500. The molecule has 2 aliphatic heterocycles. The maximum Gasteiger partial charge on any atom is 0.195 e. The molecule has 0 spiro atoms. The molecule has 30 heavy (non-hydrogen) atoms. The fourth-order valence-electron chi connectivity index (χ4n) is 4.06. The van der Waals surface area contributed by atoms with Gasteiger partial charge in [0.15, 0.2) is 5.96 Å². The van der Waals surface area contributed by atoms with Gasteiger partial charge in [-0.25, -0.2) is 0 Å². The van der Waals surface area contributed by atoms with Gasteiger partial charge in [-0.15, -0.1) is 0 Å². The van der Waals surface area contributed by atoms with Gasteiger partial charge >= 0.3 is 0 Å². The minimum atomic E-state index is -0.0464. The van der Waals surface area contributed by atoms with Crippen molar-refractivity contribution in [3.05, 3.63) is 47.3 Å². The molecule has 8 heteroatoms. The number of aryl methyl sites for hydroxylation is 1. The van der Waals surface area contributed by atoms with Gasteiger partial charge in [0.1, 0.15) is 17.7 Å². The summed E-state index contributed by atoms with van der Waals surface area (Å²) in [6.45, 7) is 7.60. The lowest BCUT2D eigenvalue weighted by Crippen LogP contribution is -2.37. The summed E-state index contributed by atoms with van der Waals surface area (Å²) in [5, 5.41) is 13.7. The molecule has 4 rings (SSSR count). The number of hydrogen-bond donors (Lipinski definition) is 2. The molecule has 2 fully saturated rings. The number of rotatable bonds is 7. The van der Waals surface area contributed by atoms with Crippen molar-refractivity contribution in [2.45, 2.75) is 32.0 Å². The number of carbonyl (C=O) groups is 1. The highest BCUT2D eigenvalue weighted by atomic mass is 16.5. The second-order valence-corrected chi connectivity index (χ2v) is 7.86. The van der Waals surface area contributed by atoms with Crippen LogP contribution in [0.5, 0.6) is 5.75 Å². The summed E-state index contributed by atoms with van der Waals surface area (Å²) in [4.78, 5) is 25.1. The number of allylic oxidation sites excluding steroid dienone is 2. The molecule has 0 aromatic carbocycles. The molecule has 0 bridgehead atoms. The van der Waals surface area contributed by atoms with E-state index in [1.807, 2.05) is 25.2 Å². The van der Waals surface area contributed by atoms with E-state index in [0.717, 1.165) is 57.2 Å². The zero-order valence-corrected chi connectivity index (χ0v) is 17.3. The van der Waals surface area contributed by atoms with E-state index in [0.29, 0.717) is 24.4 Å². The largest absolute Gasteiger partial charge is 0.506 e. The topological polar surface area (TPSA) is 90.3 Å². The van der Waals surface area contributed by atoms with E-state index >= 15 is 0 Å². The van der Waals surface area contributed by atoms with Crippen molar-refractivity contribution in [3.63, 3.8) is 0 Å². The number of morpholine rings is 1. The maximum atomic E-state index is 11.3. The van der Waals surface area contributed by atoms with Crippen molar-refractivity contribution >= 4 is 12.2 Å². The Bertz CT molecular complexity index is 860. The zero-order valence-electron chi connectivity index (χ0n) is 17.3.